The predicted octanol–water partition coefficient (Wildman–Crippen LogP) is 4.77. The minimum Gasteiger partial charge on any atom is -0.0890 e. The summed E-state index contributed by atoms with van der Waals surface area (Å²) in [6, 6.07) is 0. The van der Waals surface area contributed by atoms with E-state index in [4.69, 9.17) is 0 Å². The number of hydrogen-bond acceptors (Lipinski definition) is 0. The van der Waals surface area contributed by atoms with Gasteiger partial charge in [-0.25, -0.2) is 0 Å². The Hall–Kier alpha value is 0.480. The molecule has 0 aliphatic heterocycles. The van der Waals surface area contributed by atoms with Crippen LogP contribution in [0.5, 0.6) is 0 Å². The highest BCUT2D eigenvalue weighted by Crippen LogP contribution is 2.55. The van der Waals surface area contributed by atoms with E-state index in [1.807, 2.05) is 0 Å². The summed E-state index contributed by atoms with van der Waals surface area (Å²) in [5.41, 5.74) is 0.684. The van der Waals surface area contributed by atoms with Crippen LogP contribution in [0.15, 0.2) is 0 Å². The van der Waals surface area contributed by atoms with Gasteiger partial charge in [0.2, 0.25) is 0 Å². The molecule has 3 aliphatic rings. The second-order valence-corrected chi connectivity index (χ2v) is 8.08. The standard InChI is InChI=1S/C14H23Br/c1-14(5-4-13(15)9-14)8-12-7-10-2-3-11(12)6-10/h10-13H,2-9H2,1H3. The van der Waals surface area contributed by atoms with Crippen molar-refractivity contribution in [2.75, 3.05) is 0 Å². The van der Waals surface area contributed by atoms with E-state index in [0.29, 0.717) is 5.41 Å². The average Bonchev–Trinajstić information content (AvgIpc) is 2.82. The lowest BCUT2D eigenvalue weighted by Crippen LogP contribution is -2.21. The average molecular weight is 271 g/mol. The lowest BCUT2D eigenvalue weighted by Gasteiger charge is -2.31. The molecule has 1 heteroatoms. The summed E-state index contributed by atoms with van der Waals surface area (Å²) >= 11 is 3.80. The molecule has 0 saturated heterocycles. The highest BCUT2D eigenvalue weighted by molar-refractivity contribution is 9.09. The highest BCUT2D eigenvalue weighted by Gasteiger charge is 2.44. The van der Waals surface area contributed by atoms with Crippen LogP contribution in [0.1, 0.15) is 58.3 Å². The summed E-state index contributed by atoms with van der Waals surface area (Å²) < 4.78 is 0. The molecular formula is C14H23Br. The largest absolute Gasteiger partial charge is 0.0890 e. The topological polar surface area (TPSA) is 0 Å². The van der Waals surface area contributed by atoms with Crippen molar-refractivity contribution in [2.24, 2.45) is 23.2 Å². The van der Waals surface area contributed by atoms with Crippen LogP contribution in [0.2, 0.25) is 0 Å². The van der Waals surface area contributed by atoms with Gasteiger partial charge in [-0.2, -0.15) is 0 Å². The Morgan fingerprint density at radius 1 is 1.20 bits per heavy atom. The molecular weight excluding hydrogens is 248 g/mol. The molecule has 2 bridgehead atoms. The first-order chi connectivity index (χ1) is 7.15. The van der Waals surface area contributed by atoms with Gasteiger partial charge in [0, 0.05) is 4.83 Å². The molecule has 0 spiro atoms. The third kappa shape index (κ3) is 2.01. The first-order valence-corrected chi connectivity index (χ1v) is 7.70. The summed E-state index contributed by atoms with van der Waals surface area (Å²) in [6.45, 7) is 2.54. The van der Waals surface area contributed by atoms with Crippen molar-refractivity contribution in [3.05, 3.63) is 0 Å². The zero-order valence-electron chi connectivity index (χ0n) is 9.84. The maximum atomic E-state index is 3.80. The van der Waals surface area contributed by atoms with Crippen molar-refractivity contribution in [1.29, 1.82) is 0 Å². The second kappa shape index (κ2) is 3.75. The molecule has 0 aromatic rings. The van der Waals surface area contributed by atoms with Crippen LogP contribution in [0.4, 0.5) is 0 Å². The summed E-state index contributed by atoms with van der Waals surface area (Å²) in [7, 11) is 0. The molecule has 0 aromatic heterocycles. The van der Waals surface area contributed by atoms with Gasteiger partial charge < -0.3 is 0 Å². The summed E-state index contributed by atoms with van der Waals surface area (Å²) in [5.74, 6) is 3.36. The van der Waals surface area contributed by atoms with Gasteiger partial charge in [0.15, 0.2) is 0 Å². The van der Waals surface area contributed by atoms with Gasteiger partial charge in [0.25, 0.3) is 0 Å². The molecule has 86 valence electrons. The Morgan fingerprint density at radius 2 is 2.07 bits per heavy atom. The molecule has 3 aliphatic carbocycles. The molecule has 5 atom stereocenters. The van der Waals surface area contributed by atoms with E-state index in [2.05, 4.69) is 22.9 Å². The SMILES string of the molecule is CC1(CC2CC3CCC2C3)CCC(Br)C1. The molecule has 0 nitrogen and oxygen atoms in total. The summed E-state index contributed by atoms with van der Waals surface area (Å²) in [6.07, 6.45) is 12.1. The number of halogens is 1. The molecule has 0 amide bonds. The van der Waals surface area contributed by atoms with E-state index in [1.165, 1.54) is 25.7 Å². The molecule has 0 heterocycles. The first-order valence-electron chi connectivity index (χ1n) is 6.79. The summed E-state index contributed by atoms with van der Waals surface area (Å²) in [5, 5.41) is 0. The fourth-order valence-corrected chi connectivity index (χ4v) is 5.70. The van der Waals surface area contributed by atoms with Crippen LogP contribution >= 0.6 is 15.9 Å². The van der Waals surface area contributed by atoms with Gasteiger partial charge in [0.1, 0.15) is 0 Å². The fourth-order valence-electron chi connectivity index (χ4n) is 4.69. The van der Waals surface area contributed by atoms with Gasteiger partial charge in [-0.1, -0.05) is 29.3 Å². The number of hydrogen-bond donors (Lipinski definition) is 0. The molecule has 0 N–H and O–H groups in total. The van der Waals surface area contributed by atoms with Crippen LogP contribution in [-0.2, 0) is 0 Å². The molecule has 0 aromatic carbocycles. The van der Waals surface area contributed by atoms with Crippen molar-refractivity contribution < 1.29 is 0 Å². The quantitative estimate of drug-likeness (QED) is 0.635. The molecule has 15 heavy (non-hydrogen) atoms. The predicted molar refractivity (Wildman–Crippen MR) is 68.2 cm³/mol. The maximum Gasteiger partial charge on any atom is 0.0151 e. The zero-order valence-corrected chi connectivity index (χ0v) is 11.4. The van der Waals surface area contributed by atoms with E-state index in [1.54, 1.807) is 25.7 Å². The highest BCUT2D eigenvalue weighted by atomic mass is 79.9. The van der Waals surface area contributed by atoms with Crippen LogP contribution in [0.25, 0.3) is 0 Å². The minimum atomic E-state index is 0.684. The number of rotatable bonds is 2. The van der Waals surface area contributed by atoms with Crippen molar-refractivity contribution in [3.8, 4) is 0 Å². The van der Waals surface area contributed by atoms with Crippen LogP contribution in [-0.4, -0.2) is 4.83 Å². The van der Waals surface area contributed by atoms with Crippen LogP contribution in [0.3, 0.4) is 0 Å². The van der Waals surface area contributed by atoms with Gasteiger partial charge in [0.05, 0.1) is 0 Å². The Kier molecular flexibility index (Phi) is 2.66. The van der Waals surface area contributed by atoms with Gasteiger partial charge >= 0.3 is 0 Å². The normalized spacial score (nSPS) is 54.0. The second-order valence-electron chi connectivity index (χ2n) is 6.79. The molecule has 3 fully saturated rings. The number of fused-ring (bicyclic) bond motifs is 2. The third-order valence-electron chi connectivity index (χ3n) is 5.41. The van der Waals surface area contributed by atoms with E-state index < -0.39 is 0 Å². The molecule has 3 saturated carbocycles. The maximum absolute atomic E-state index is 3.80. The van der Waals surface area contributed by atoms with Gasteiger partial charge in [-0.15, -0.1) is 0 Å². The van der Waals surface area contributed by atoms with E-state index >= 15 is 0 Å². The van der Waals surface area contributed by atoms with Crippen molar-refractivity contribution >= 4 is 15.9 Å². The summed E-state index contributed by atoms with van der Waals surface area (Å²) in [4.78, 5) is 0.820. The Labute approximate surface area is 102 Å². The Balaban J connectivity index is 1.61. The Bertz CT molecular complexity index is 250. The van der Waals surface area contributed by atoms with Gasteiger partial charge in [-0.05, 0) is 68.1 Å². The van der Waals surface area contributed by atoms with Crippen molar-refractivity contribution in [3.63, 3.8) is 0 Å². The Morgan fingerprint density at radius 3 is 2.60 bits per heavy atom. The lowest BCUT2D eigenvalue weighted by atomic mass is 9.74. The molecule has 0 radical (unpaired) electrons. The smallest absolute Gasteiger partial charge is 0.0151 e. The van der Waals surface area contributed by atoms with E-state index in [9.17, 15) is 0 Å². The molecule has 5 unspecified atom stereocenters. The van der Waals surface area contributed by atoms with Crippen molar-refractivity contribution in [2.45, 2.75) is 63.1 Å². The fraction of sp³-hybridized carbons (Fsp3) is 1.00. The van der Waals surface area contributed by atoms with Crippen LogP contribution in [0, 0.1) is 23.2 Å². The van der Waals surface area contributed by atoms with E-state index in [0.717, 1.165) is 22.6 Å². The van der Waals surface area contributed by atoms with Gasteiger partial charge in [-0.3, -0.25) is 0 Å². The van der Waals surface area contributed by atoms with E-state index in [-0.39, 0.29) is 0 Å². The number of alkyl halides is 1. The van der Waals surface area contributed by atoms with Crippen LogP contribution < -0.4 is 0 Å². The third-order valence-corrected chi connectivity index (χ3v) is 6.20. The molecule has 3 rings (SSSR count). The monoisotopic (exact) mass is 270 g/mol. The lowest BCUT2D eigenvalue weighted by molar-refractivity contribution is 0.195. The first kappa shape index (κ1) is 10.6. The zero-order chi connectivity index (χ0) is 10.5. The van der Waals surface area contributed by atoms with Crippen molar-refractivity contribution in [1.82, 2.24) is 0 Å². The minimum absolute atomic E-state index is 0.684.